The van der Waals surface area contributed by atoms with Gasteiger partial charge in [-0.25, -0.2) is 9.78 Å². The summed E-state index contributed by atoms with van der Waals surface area (Å²) >= 11 is 1.65. The Morgan fingerprint density at radius 2 is 2.18 bits per heavy atom. The Kier molecular flexibility index (Phi) is 3.47. The largest absolute Gasteiger partial charge is 0.328 e. The van der Waals surface area contributed by atoms with E-state index in [0.29, 0.717) is 6.54 Å². The molecule has 0 aliphatic carbocycles. The van der Waals surface area contributed by atoms with Gasteiger partial charge in [0, 0.05) is 23.8 Å². The van der Waals surface area contributed by atoms with Gasteiger partial charge in [0.25, 0.3) is 0 Å². The summed E-state index contributed by atoms with van der Waals surface area (Å²) in [7, 11) is 0. The van der Waals surface area contributed by atoms with E-state index in [1.54, 1.807) is 20.5 Å². The number of nitrogens with zero attached hydrogens (tertiary/aromatic N) is 3. The Balaban J connectivity index is 2.22. The van der Waals surface area contributed by atoms with Crippen molar-refractivity contribution in [2.75, 3.05) is 0 Å². The van der Waals surface area contributed by atoms with Gasteiger partial charge >= 0.3 is 5.69 Å². The number of imidazole rings is 1. The third-order valence-electron chi connectivity index (χ3n) is 2.66. The van der Waals surface area contributed by atoms with Crippen LogP contribution in [-0.4, -0.2) is 14.1 Å². The van der Waals surface area contributed by atoms with Crippen LogP contribution in [0.2, 0.25) is 0 Å². The molecule has 0 N–H and O–H groups in total. The maximum atomic E-state index is 12.0. The minimum Gasteiger partial charge on any atom is -0.297 e. The Morgan fingerprint density at radius 1 is 1.41 bits per heavy atom. The Bertz CT molecular complexity index is 550. The summed E-state index contributed by atoms with van der Waals surface area (Å²) < 4.78 is 3.43. The molecule has 2 aromatic rings. The van der Waals surface area contributed by atoms with Gasteiger partial charge in [-0.3, -0.25) is 9.13 Å². The third-order valence-corrected chi connectivity index (χ3v) is 3.71. The summed E-state index contributed by atoms with van der Waals surface area (Å²) in [5.41, 5.74) is 1.00. The fourth-order valence-electron chi connectivity index (χ4n) is 1.70. The van der Waals surface area contributed by atoms with Crippen LogP contribution in [0.15, 0.2) is 22.6 Å². The Labute approximate surface area is 105 Å². The van der Waals surface area contributed by atoms with E-state index in [-0.39, 0.29) is 11.7 Å². The van der Waals surface area contributed by atoms with Gasteiger partial charge in [-0.2, -0.15) is 0 Å². The van der Waals surface area contributed by atoms with Crippen molar-refractivity contribution in [2.45, 2.75) is 39.8 Å². The third kappa shape index (κ3) is 2.49. The number of rotatable bonds is 4. The lowest BCUT2D eigenvalue weighted by atomic mass is 10.4. The quantitative estimate of drug-likeness (QED) is 0.836. The van der Waals surface area contributed by atoms with Crippen molar-refractivity contribution in [3.63, 3.8) is 0 Å². The number of aryl methyl sites for hydroxylation is 1. The van der Waals surface area contributed by atoms with E-state index in [0.717, 1.165) is 17.1 Å². The van der Waals surface area contributed by atoms with Crippen molar-refractivity contribution in [3.05, 3.63) is 39.0 Å². The number of hydrogen-bond donors (Lipinski definition) is 0. The van der Waals surface area contributed by atoms with Gasteiger partial charge in [0.15, 0.2) is 0 Å². The van der Waals surface area contributed by atoms with Crippen LogP contribution in [0.5, 0.6) is 0 Å². The highest BCUT2D eigenvalue weighted by Crippen LogP contribution is 2.11. The van der Waals surface area contributed by atoms with Crippen LogP contribution in [0.25, 0.3) is 0 Å². The lowest BCUT2D eigenvalue weighted by molar-refractivity contribution is 0.560. The molecule has 0 unspecified atom stereocenters. The number of thiazole rings is 1. The molecule has 0 saturated heterocycles. The van der Waals surface area contributed by atoms with Crippen LogP contribution in [0, 0.1) is 0 Å². The highest BCUT2D eigenvalue weighted by molar-refractivity contribution is 7.09. The predicted octanol–water partition coefficient (Wildman–Crippen LogP) is 2.30. The summed E-state index contributed by atoms with van der Waals surface area (Å²) in [6.07, 6.45) is 4.61. The second-order valence-electron chi connectivity index (χ2n) is 4.30. The highest BCUT2D eigenvalue weighted by Gasteiger charge is 2.08. The standard InChI is InChI=1S/C12H17N3OS/c1-4-11-13-10(8-17-11)7-14-5-6-15(9(2)3)12(14)16/h5-6,8-9H,4,7H2,1-3H3. The zero-order chi connectivity index (χ0) is 12.4. The van der Waals surface area contributed by atoms with Crippen molar-refractivity contribution < 1.29 is 0 Å². The zero-order valence-electron chi connectivity index (χ0n) is 10.4. The predicted molar refractivity (Wildman–Crippen MR) is 69.7 cm³/mol. The zero-order valence-corrected chi connectivity index (χ0v) is 11.2. The van der Waals surface area contributed by atoms with Gasteiger partial charge in [0.2, 0.25) is 0 Å². The van der Waals surface area contributed by atoms with Gasteiger partial charge in [0.05, 0.1) is 17.2 Å². The molecular formula is C12H17N3OS. The molecule has 2 rings (SSSR count). The summed E-state index contributed by atoms with van der Waals surface area (Å²) in [5, 5.41) is 3.15. The Morgan fingerprint density at radius 3 is 2.71 bits per heavy atom. The van der Waals surface area contributed by atoms with E-state index in [1.165, 1.54) is 0 Å². The molecule has 2 aromatic heterocycles. The van der Waals surface area contributed by atoms with Crippen LogP contribution in [0.3, 0.4) is 0 Å². The minimum absolute atomic E-state index is 0.0334. The molecule has 17 heavy (non-hydrogen) atoms. The summed E-state index contributed by atoms with van der Waals surface area (Å²) in [6, 6.07) is 0.199. The fraction of sp³-hybridized carbons (Fsp3) is 0.500. The maximum absolute atomic E-state index is 12.0. The van der Waals surface area contributed by atoms with E-state index in [2.05, 4.69) is 11.9 Å². The van der Waals surface area contributed by atoms with E-state index < -0.39 is 0 Å². The van der Waals surface area contributed by atoms with Crippen LogP contribution >= 0.6 is 11.3 Å². The first-order valence-corrected chi connectivity index (χ1v) is 6.70. The minimum atomic E-state index is 0.0334. The highest BCUT2D eigenvalue weighted by atomic mass is 32.1. The summed E-state index contributed by atoms with van der Waals surface area (Å²) in [4.78, 5) is 16.5. The average Bonchev–Trinajstić information content (AvgIpc) is 2.87. The molecule has 4 nitrogen and oxygen atoms in total. The summed E-state index contributed by atoms with van der Waals surface area (Å²) in [5.74, 6) is 0. The second kappa shape index (κ2) is 4.87. The molecule has 0 aromatic carbocycles. The van der Waals surface area contributed by atoms with Crippen molar-refractivity contribution in [2.24, 2.45) is 0 Å². The van der Waals surface area contributed by atoms with Gasteiger partial charge in [0.1, 0.15) is 0 Å². The second-order valence-corrected chi connectivity index (χ2v) is 5.24. The lowest BCUT2D eigenvalue weighted by Crippen LogP contribution is -2.25. The molecule has 0 radical (unpaired) electrons. The molecule has 0 atom stereocenters. The molecule has 2 heterocycles. The van der Waals surface area contributed by atoms with Gasteiger partial charge in [-0.1, -0.05) is 6.92 Å². The van der Waals surface area contributed by atoms with Crippen LogP contribution < -0.4 is 5.69 Å². The molecule has 5 heteroatoms. The normalized spacial score (nSPS) is 11.3. The molecule has 0 saturated carbocycles. The van der Waals surface area contributed by atoms with Gasteiger partial charge < -0.3 is 0 Å². The van der Waals surface area contributed by atoms with Crippen molar-refractivity contribution in [1.29, 1.82) is 0 Å². The van der Waals surface area contributed by atoms with Crippen molar-refractivity contribution >= 4 is 11.3 Å². The smallest absolute Gasteiger partial charge is 0.297 e. The molecule has 0 spiro atoms. The molecule has 92 valence electrons. The molecule has 0 bridgehead atoms. The first-order chi connectivity index (χ1) is 8.11. The van der Waals surface area contributed by atoms with Crippen molar-refractivity contribution in [3.8, 4) is 0 Å². The van der Waals surface area contributed by atoms with Crippen LogP contribution in [0.1, 0.15) is 37.5 Å². The molecule has 0 amide bonds. The lowest BCUT2D eigenvalue weighted by Gasteiger charge is -2.04. The van der Waals surface area contributed by atoms with Crippen LogP contribution in [0.4, 0.5) is 0 Å². The SMILES string of the molecule is CCc1nc(Cn2ccn(C(C)C)c2=O)cs1. The number of hydrogen-bond acceptors (Lipinski definition) is 3. The van der Waals surface area contributed by atoms with E-state index in [1.807, 2.05) is 31.6 Å². The van der Waals surface area contributed by atoms with E-state index in [4.69, 9.17) is 0 Å². The average molecular weight is 251 g/mol. The number of aromatic nitrogens is 3. The van der Waals surface area contributed by atoms with E-state index in [9.17, 15) is 4.79 Å². The topological polar surface area (TPSA) is 39.8 Å². The van der Waals surface area contributed by atoms with Gasteiger partial charge in [-0.15, -0.1) is 11.3 Å². The molecule has 0 aliphatic rings. The monoisotopic (exact) mass is 251 g/mol. The van der Waals surface area contributed by atoms with Gasteiger partial charge in [-0.05, 0) is 20.3 Å². The first-order valence-electron chi connectivity index (χ1n) is 5.82. The molecule has 0 fully saturated rings. The molecular weight excluding hydrogens is 234 g/mol. The summed E-state index contributed by atoms with van der Waals surface area (Å²) in [6.45, 7) is 6.66. The fourth-order valence-corrected chi connectivity index (χ4v) is 2.44. The van der Waals surface area contributed by atoms with Crippen molar-refractivity contribution in [1.82, 2.24) is 14.1 Å². The van der Waals surface area contributed by atoms with Crippen LogP contribution in [-0.2, 0) is 13.0 Å². The Hall–Kier alpha value is -1.36. The molecule has 0 aliphatic heterocycles. The maximum Gasteiger partial charge on any atom is 0.328 e. The van der Waals surface area contributed by atoms with E-state index >= 15 is 0 Å². The first kappa shape index (κ1) is 12.1.